The summed E-state index contributed by atoms with van der Waals surface area (Å²) >= 11 is 1.84. The van der Waals surface area contributed by atoms with Gasteiger partial charge in [-0.05, 0) is 25.7 Å². The molecule has 2 N–H and O–H groups in total. The number of nitrogens with zero attached hydrogens (tertiary/aromatic N) is 4. The van der Waals surface area contributed by atoms with Gasteiger partial charge in [-0.2, -0.15) is 0 Å². The van der Waals surface area contributed by atoms with Crippen molar-refractivity contribution in [1.82, 2.24) is 25.0 Å². The Hall–Kier alpha value is -1.28. The molecule has 2 saturated heterocycles. The zero-order valence-electron chi connectivity index (χ0n) is 17.9. The van der Waals surface area contributed by atoms with Crippen molar-refractivity contribution in [2.75, 3.05) is 38.5 Å². The van der Waals surface area contributed by atoms with Gasteiger partial charge in [0.2, 0.25) is 0 Å². The standard InChI is InChI=1S/C21H36N6OS/c1-25-19(23-24-21(25)29-16-15-26-11-5-6-12-26)17-9-13-27(14-10-17)20(28)22-18-7-3-2-4-8-18/h17-18H,2-16H2,1H3,(H,22,28)/p+1. The van der Waals surface area contributed by atoms with E-state index in [0.717, 1.165) is 55.5 Å². The van der Waals surface area contributed by atoms with Crippen molar-refractivity contribution >= 4 is 17.8 Å². The maximum absolute atomic E-state index is 12.6. The van der Waals surface area contributed by atoms with Crippen LogP contribution in [0.15, 0.2) is 5.16 Å². The van der Waals surface area contributed by atoms with Gasteiger partial charge >= 0.3 is 6.03 Å². The van der Waals surface area contributed by atoms with Gasteiger partial charge in [0.25, 0.3) is 0 Å². The molecule has 2 amide bonds. The molecule has 3 fully saturated rings. The first kappa shape index (κ1) is 21.0. The number of hydrogen-bond acceptors (Lipinski definition) is 4. The van der Waals surface area contributed by atoms with Crippen molar-refractivity contribution < 1.29 is 9.69 Å². The van der Waals surface area contributed by atoms with Crippen LogP contribution in [0.5, 0.6) is 0 Å². The first-order valence-electron chi connectivity index (χ1n) is 11.6. The molecule has 162 valence electrons. The molecule has 7 nitrogen and oxygen atoms in total. The van der Waals surface area contributed by atoms with Gasteiger partial charge in [-0.1, -0.05) is 31.0 Å². The van der Waals surface area contributed by atoms with E-state index in [2.05, 4.69) is 27.1 Å². The number of quaternary nitrogens is 1. The summed E-state index contributed by atoms with van der Waals surface area (Å²) in [6, 6.07) is 0.517. The van der Waals surface area contributed by atoms with E-state index in [4.69, 9.17) is 0 Å². The summed E-state index contributed by atoms with van der Waals surface area (Å²) in [6.07, 6.45) is 10.8. The minimum absolute atomic E-state index is 0.133. The highest BCUT2D eigenvalue weighted by atomic mass is 32.2. The molecule has 3 aliphatic rings. The molecule has 4 rings (SSSR count). The molecule has 2 aliphatic heterocycles. The number of aromatic nitrogens is 3. The van der Waals surface area contributed by atoms with Crippen LogP contribution in [0, 0.1) is 0 Å². The number of nitrogens with one attached hydrogen (secondary N) is 2. The third kappa shape index (κ3) is 5.45. The van der Waals surface area contributed by atoms with Crippen molar-refractivity contribution in [2.24, 2.45) is 7.05 Å². The maximum Gasteiger partial charge on any atom is 0.317 e. The van der Waals surface area contributed by atoms with Crippen LogP contribution in [0.2, 0.25) is 0 Å². The van der Waals surface area contributed by atoms with E-state index in [-0.39, 0.29) is 6.03 Å². The third-order valence-electron chi connectivity index (χ3n) is 6.95. The zero-order valence-corrected chi connectivity index (χ0v) is 18.7. The van der Waals surface area contributed by atoms with Crippen molar-refractivity contribution in [3.8, 4) is 0 Å². The van der Waals surface area contributed by atoms with E-state index < -0.39 is 0 Å². The Morgan fingerprint density at radius 3 is 2.52 bits per heavy atom. The fraction of sp³-hybridized carbons (Fsp3) is 0.857. The van der Waals surface area contributed by atoms with E-state index in [9.17, 15) is 4.79 Å². The normalized spacial score (nSPS) is 22.3. The van der Waals surface area contributed by atoms with Crippen LogP contribution in [-0.4, -0.2) is 70.2 Å². The summed E-state index contributed by atoms with van der Waals surface area (Å²) in [5.41, 5.74) is 0. The number of likely N-dealkylation sites (tertiary alicyclic amines) is 2. The van der Waals surface area contributed by atoms with Crippen LogP contribution in [0.1, 0.15) is 69.5 Å². The zero-order chi connectivity index (χ0) is 20.1. The number of hydrogen-bond donors (Lipinski definition) is 2. The lowest BCUT2D eigenvalue weighted by Crippen LogP contribution is -3.10. The minimum Gasteiger partial charge on any atom is -0.335 e. The molecule has 3 heterocycles. The van der Waals surface area contributed by atoms with Crippen LogP contribution in [0.4, 0.5) is 4.79 Å². The average molecular weight is 422 g/mol. The molecule has 0 atom stereocenters. The molecule has 1 saturated carbocycles. The van der Waals surface area contributed by atoms with Crippen molar-refractivity contribution in [3.63, 3.8) is 0 Å². The number of carbonyl (C=O) groups excluding carboxylic acids is 1. The van der Waals surface area contributed by atoms with Gasteiger partial charge in [-0.3, -0.25) is 0 Å². The maximum atomic E-state index is 12.6. The average Bonchev–Trinajstić information content (AvgIpc) is 3.39. The number of amides is 2. The number of urea groups is 1. The molecule has 29 heavy (non-hydrogen) atoms. The topological polar surface area (TPSA) is 67.5 Å². The Kier molecular flexibility index (Phi) is 7.34. The van der Waals surface area contributed by atoms with Crippen LogP contribution >= 0.6 is 11.8 Å². The first-order chi connectivity index (χ1) is 14.2. The quantitative estimate of drug-likeness (QED) is 0.688. The molecule has 0 unspecified atom stereocenters. The molecule has 1 aromatic heterocycles. The molecule has 1 aliphatic carbocycles. The molecular weight excluding hydrogens is 384 g/mol. The van der Waals surface area contributed by atoms with Gasteiger partial charge in [0.05, 0.1) is 25.4 Å². The SMILES string of the molecule is Cn1c(SCC[NH+]2CCCC2)nnc1C1CCN(C(=O)NC2CCCCC2)CC1. The van der Waals surface area contributed by atoms with E-state index >= 15 is 0 Å². The fourth-order valence-corrected chi connectivity index (χ4v) is 6.03. The molecule has 8 heteroatoms. The first-order valence-corrected chi connectivity index (χ1v) is 12.6. The summed E-state index contributed by atoms with van der Waals surface area (Å²) in [7, 11) is 2.10. The fourth-order valence-electron chi connectivity index (χ4n) is 5.07. The van der Waals surface area contributed by atoms with Gasteiger partial charge < -0.3 is 19.7 Å². The predicted octanol–water partition coefficient (Wildman–Crippen LogP) is 1.81. The van der Waals surface area contributed by atoms with Crippen LogP contribution in [-0.2, 0) is 7.05 Å². The second kappa shape index (κ2) is 10.2. The predicted molar refractivity (Wildman–Crippen MR) is 115 cm³/mol. The highest BCUT2D eigenvalue weighted by Crippen LogP contribution is 2.29. The highest BCUT2D eigenvalue weighted by molar-refractivity contribution is 7.99. The summed E-state index contributed by atoms with van der Waals surface area (Å²) in [6.45, 7) is 5.52. The van der Waals surface area contributed by atoms with Crippen molar-refractivity contribution in [1.29, 1.82) is 0 Å². The third-order valence-corrected chi connectivity index (χ3v) is 7.97. The Morgan fingerprint density at radius 1 is 1.07 bits per heavy atom. The molecule has 0 bridgehead atoms. The van der Waals surface area contributed by atoms with E-state index in [0.29, 0.717) is 12.0 Å². The van der Waals surface area contributed by atoms with E-state index in [1.807, 2.05) is 16.7 Å². The van der Waals surface area contributed by atoms with E-state index in [1.165, 1.54) is 51.7 Å². The van der Waals surface area contributed by atoms with Crippen LogP contribution in [0.25, 0.3) is 0 Å². The van der Waals surface area contributed by atoms with Gasteiger partial charge in [0.1, 0.15) is 5.82 Å². The number of thioether (sulfide) groups is 1. The van der Waals surface area contributed by atoms with Gasteiger partial charge in [0, 0.05) is 44.9 Å². The largest absolute Gasteiger partial charge is 0.335 e. The molecular formula is C21H37N6OS+. The van der Waals surface area contributed by atoms with Gasteiger partial charge in [-0.15, -0.1) is 10.2 Å². The Labute approximate surface area is 179 Å². The van der Waals surface area contributed by atoms with Crippen molar-refractivity contribution in [2.45, 2.75) is 74.9 Å². The van der Waals surface area contributed by atoms with Crippen LogP contribution in [0.3, 0.4) is 0 Å². The lowest BCUT2D eigenvalue weighted by molar-refractivity contribution is -0.884. The van der Waals surface area contributed by atoms with Gasteiger partial charge in [0.15, 0.2) is 5.16 Å². The second-order valence-corrected chi connectivity index (χ2v) is 10.1. The van der Waals surface area contributed by atoms with Crippen LogP contribution < -0.4 is 10.2 Å². The summed E-state index contributed by atoms with van der Waals surface area (Å²) in [5.74, 6) is 2.61. The number of rotatable bonds is 6. The lowest BCUT2D eigenvalue weighted by Gasteiger charge is -2.33. The second-order valence-electron chi connectivity index (χ2n) is 9.00. The van der Waals surface area contributed by atoms with Crippen molar-refractivity contribution in [3.05, 3.63) is 5.82 Å². The summed E-state index contributed by atoms with van der Waals surface area (Å²) in [5, 5.41) is 13.3. The lowest BCUT2D eigenvalue weighted by atomic mass is 9.95. The molecule has 0 aromatic carbocycles. The molecule has 0 spiro atoms. The number of carbonyl (C=O) groups is 1. The highest BCUT2D eigenvalue weighted by Gasteiger charge is 2.28. The van der Waals surface area contributed by atoms with Gasteiger partial charge in [-0.25, -0.2) is 4.79 Å². The molecule has 0 radical (unpaired) electrons. The Bertz CT molecular complexity index is 660. The minimum atomic E-state index is 0.133. The smallest absolute Gasteiger partial charge is 0.317 e. The number of piperidine rings is 1. The summed E-state index contributed by atoms with van der Waals surface area (Å²) in [4.78, 5) is 16.3. The van der Waals surface area contributed by atoms with E-state index in [1.54, 1.807) is 4.90 Å². The Balaban J connectivity index is 1.23. The monoisotopic (exact) mass is 421 g/mol. The molecule has 1 aromatic rings. The Morgan fingerprint density at radius 2 is 1.79 bits per heavy atom. The summed E-state index contributed by atoms with van der Waals surface area (Å²) < 4.78 is 2.19.